The van der Waals surface area contributed by atoms with Crippen molar-refractivity contribution in [2.75, 3.05) is 6.61 Å². The Hall–Kier alpha value is -3.20. The van der Waals surface area contributed by atoms with E-state index in [1.54, 1.807) is 32.1 Å². The molecule has 1 heterocycles. The number of carbonyl (C=O) groups is 1. The van der Waals surface area contributed by atoms with Gasteiger partial charge in [-0.2, -0.15) is 13.2 Å². The van der Waals surface area contributed by atoms with Gasteiger partial charge in [0.05, 0.1) is 22.8 Å². The molecule has 2 aromatic carbocycles. The molecule has 0 radical (unpaired) electrons. The molecule has 3 rings (SSSR count). The van der Waals surface area contributed by atoms with Crippen molar-refractivity contribution in [3.63, 3.8) is 0 Å². The number of hydrogen-bond donors (Lipinski definition) is 2. The minimum Gasteiger partial charge on any atom is -0.508 e. The van der Waals surface area contributed by atoms with Crippen molar-refractivity contribution >= 4 is 34.5 Å². The minimum absolute atomic E-state index is 0.0198. The molecule has 1 aliphatic heterocycles. The van der Waals surface area contributed by atoms with Gasteiger partial charge in [0, 0.05) is 0 Å². The Morgan fingerprint density at radius 2 is 1.94 bits per heavy atom. The zero-order valence-corrected chi connectivity index (χ0v) is 17.3. The number of nitrogens with zero attached hydrogens (tertiary/aromatic N) is 1. The van der Waals surface area contributed by atoms with Crippen molar-refractivity contribution in [3.8, 4) is 5.75 Å². The molecule has 0 aromatic heterocycles. The second-order valence-electron chi connectivity index (χ2n) is 6.57. The van der Waals surface area contributed by atoms with Gasteiger partial charge in [0.25, 0.3) is 0 Å². The normalized spacial score (nSPS) is 16.9. The van der Waals surface area contributed by atoms with E-state index < -0.39 is 17.7 Å². The second-order valence-corrected chi connectivity index (χ2v) is 7.60. The fraction of sp³-hybridized carbons (Fsp3) is 0.182. The average Bonchev–Trinajstić information content (AvgIpc) is 2.99. The molecule has 9 heteroatoms. The highest BCUT2D eigenvalue weighted by molar-refractivity contribution is 8.18. The zero-order valence-electron chi connectivity index (χ0n) is 16.5. The van der Waals surface area contributed by atoms with Gasteiger partial charge in [-0.25, -0.2) is 9.79 Å². The molecule has 2 aromatic rings. The number of aromatic hydroxyl groups is 1. The van der Waals surface area contributed by atoms with Crippen LogP contribution < -0.4 is 0 Å². The highest BCUT2D eigenvalue weighted by Crippen LogP contribution is 2.41. The molecule has 0 aliphatic carbocycles. The summed E-state index contributed by atoms with van der Waals surface area (Å²) in [7, 11) is 0. The Balaban J connectivity index is 2.06. The largest absolute Gasteiger partial charge is 0.508 e. The van der Waals surface area contributed by atoms with Crippen molar-refractivity contribution < 1.29 is 32.9 Å². The third-order valence-corrected chi connectivity index (χ3v) is 5.31. The van der Waals surface area contributed by atoms with Crippen LogP contribution in [-0.2, 0) is 15.7 Å². The lowest BCUT2D eigenvalue weighted by molar-refractivity contribution is -0.138. The van der Waals surface area contributed by atoms with Gasteiger partial charge in [0.1, 0.15) is 22.1 Å². The van der Waals surface area contributed by atoms with Crippen molar-refractivity contribution in [2.45, 2.75) is 20.0 Å². The molecular formula is C22H18F3NO4S. The van der Waals surface area contributed by atoms with E-state index in [1.807, 2.05) is 0 Å². The van der Waals surface area contributed by atoms with E-state index in [-0.39, 0.29) is 39.3 Å². The Kier molecular flexibility index (Phi) is 6.45. The number of esters is 1. The molecule has 0 spiro atoms. The van der Waals surface area contributed by atoms with Crippen LogP contribution in [0.5, 0.6) is 5.75 Å². The third-order valence-electron chi connectivity index (χ3n) is 4.29. The Morgan fingerprint density at radius 1 is 1.19 bits per heavy atom. The number of carbonyl (C=O) groups excluding carboxylic acids is 1. The van der Waals surface area contributed by atoms with Crippen LogP contribution in [0.3, 0.4) is 0 Å². The van der Waals surface area contributed by atoms with Crippen LogP contribution in [0.25, 0.3) is 6.08 Å². The molecule has 0 fully saturated rings. The van der Waals surface area contributed by atoms with Gasteiger partial charge < -0.3 is 14.9 Å². The number of alkyl halides is 3. The Labute approximate surface area is 180 Å². The number of benzene rings is 2. The monoisotopic (exact) mass is 449 g/mol. The van der Waals surface area contributed by atoms with Gasteiger partial charge in [-0.1, -0.05) is 23.9 Å². The molecule has 5 nitrogen and oxygen atoms in total. The number of aliphatic hydroxyl groups excluding tert-OH is 1. The maximum Gasteiger partial charge on any atom is 0.416 e. The maximum absolute atomic E-state index is 13.0. The summed E-state index contributed by atoms with van der Waals surface area (Å²) in [6.07, 6.45) is -2.96. The average molecular weight is 449 g/mol. The number of thioether (sulfide) groups is 1. The first-order valence-corrected chi connectivity index (χ1v) is 9.98. The number of ether oxygens (including phenoxy) is 1. The van der Waals surface area contributed by atoms with E-state index in [1.165, 1.54) is 18.2 Å². The SMILES string of the molecule is CCOC(=O)C1=C(O)/C(=C\c2ccc(O)c(C)c2)SC1=Nc1cccc(C(F)(F)F)c1. The number of hydrogen-bond acceptors (Lipinski definition) is 6. The summed E-state index contributed by atoms with van der Waals surface area (Å²) in [5.74, 6) is -1.09. The summed E-state index contributed by atoms with van der Waals surface area (Å²) in [5, 5.41) is 20.3. The van der Waals surface area contributed by atoms with E-state index in [4.69, 9.17) is 4.74 Å². The molecule has 2 N–H and O–H groups in total. The maximum atomic E-state index is 13.0. The van der Waals surface area contributed by atoms with Gasteiger partial charge in [-0.3, -0.25) is 0 Å². The van der Waals surface area contributed by atoms with E-state index in [0.29, 0.717) is 11.1 Å². The number of aliphatic hydroxyl groups is 1. The number of halogens is 3. The number of phenols is 1. The van der Waals surface area contributed by atoms with Crippen LogP contribution in [-0.4, -0.2) is 27.8 Å². The van der Waals surface area contributed by atoms with Gasteiger partial charge in [-0.05, 0) is 61.4 Å². The van der Waals surface area contributed by atoms with E-state index in [9.17, 15) is 28.2 Å². The number of aryl methyl sites for hydroxylation is 1. The van der Waals surface area contributed by atoms with E-state index in [0.717, 1.165) is 23.9 Å². The number of aliphatic imine (C=N–C) groups is 1. The number of phenolic OH excluding ortho intramolecular Hbond substituents is 1. The lowest BCUT2D eigenvalue weighted by Crippen LogP contribution is -2.13. The van der Waals surface area contributed by atoms with Gasteiger partial charge >= 0.3 is 12.1 Å². The molecule has 0 saturated heterocycles. The van der Waals surface area contributed by atoms with Crippen LogP contribution in [0.2, 0.25) is 0 Å². The van der Waals surface area contributed by atoms with Crippen molar-refractivity contribution in [3.05, 3.63) is 75.4 Å². The molecular weight excluding hydrogens is 431 g/mol. The summed E-state index contributed by atoms with van der Waals surface area (Å²) in [6, 6.07) is 9.16. The van der Waals surface area contributed by atoms with Gasteiger partial charge in [0.15, 0.2) is 0 Å². The smallest absolute Gasteiger partial charge is 0.416 e. The lowest BCUT2D eigenvalue weighted by Gasteiger charge is -2.07. The molecule has 1 aliphatic rings. The standard InChI is InChI=1S/C22H18F3NO4S/c1-3-30-21(29)18-19(28)17(10-13-7-8-16(27)12(2)9-13)31-20(18)26-15-6-4-5-14(11-15)22(23,24)25/h4-11,27-28H,3H2,1-2H3/b17-10+,26-20?. The van der Waals surface area contributed by atoms with Gasteiger partial charge in [0.2, 0.25) is 0 Å². The Morgan fingerprint density at radius 3 is 2.58 bits per heavy atom. The molecule has 0 saturated carbocycles. The number of rotatable bonds is 4. The third kappa shape index (κ3) is 5.11. The summed E-state index contributed by atoms with van der Waals surface area (Å²) in [5.41, 5.74) is 0.149. The molecule has 31 heavy (non-hydrogen) atoms. The predicted molar refractivity (Wildman–Crippen MR) is 113 cm³/mol. The fourth-order valence-electron chi connectivity index (χ4n) is 2.78. The van der Waals surface area contributed by atoms with Crippen LogP contribution >= 0.6 is 11.8 Å². The van der Waals surface area contributed by atoms with Crippen LogP contribution in [0.15, 0.2) is 63.7 Å². The van der Waals surface area contributed by atoms with Crippen molar-refractivity contribution in [1.82, 2.24) is 0 Å². The quantitative estimate of drug-likeness (QED) is 0.567. The van der Waals surface area contributed by atoms with E-state index in [2.05, 4.69) is 4.99 Å². The molecule has 0 atom stereocenters. The first-order valence-electron chi connectivity index (χ1n) is 9.16. The molecule has 0 unspecified atom stereocenters. The molecule has 162 valence electrons. The molecule has 0 bridgehead atoms. The van der Waals surface area contributed by atoms with Gasteiger partial charge in [-0.15, -0.1) is 0 Å². The van der Waals surface area contributed by atoms with Crippen molar-refractivity contribution in [1.29, 1.82) is 0 Å². The van der Waals surface area contributed by atoms with E-state index >= 15 is 0 Å². The van der Waals surface area contributed by atoms with Crippen LogP contribution in [0.1, 0.15) is 23.6 Å². The van der Waals surface area contributed by atoms with Crippen LogP contribution in [0, 0.1) is 6.92 Å². The van der Waals surface area contributed by atoms with Crippen molar-refractivity contribution in [2.24, 2.45) is 4.99 Å². The van der Waals surface area contributed by atoms with Crippen LogP contribution in [0.4, 0.5) is 18.9 Å². The summed E-state index contributed by atoms with van der Waals surface area (Å²) in [4.78, 5) is 16.9. The first kappa shape index (κ1) is 22.5. The highest BCUT2D eigenvalue weighted by atomic mass is 32.2. The summed E-state index contributed by atoms with van der Waals surface area (Å²) >= 11 is 0.937. The minimum atomic E-state index is -4.54. The molecule has 0 amide bonds. The lowest BCUT2D eigenvalue weighted by atomic mass is 10.1. The fourth-order valence-corrected chi connectivity index (χ4v) is 3.82. The Bertz CT molecular complexity index is 1120. The topological polar surface area (TPSA) is 79.1 Å². The summed E-state index contributed by atoms with van der Waals surface area (Å²) < 4.78 is 44.0. The first-order chi connectivity index (χ1) is 14.6. The zero-order chi connectivity index (χ0) is 22.8. The second kappa shape index (κ2) is 8.89. The summed E-state index contributed by atoms with van der Waals surface area (Å²) in [6.45, 7) is 3.35. The predicted octanol–water partition coefficient (Wildman–Crippen LogP) is 5.91. The highest BCUT2D eigenvalue weighted by Gasteiger charge is 2.34.